The summed E-state index contributed by atoms with van der Waals surface area (Å²) in [5, 5.41) is 9.18. The zero-order chi connectivity index (χ0) is 26.3. The molecule has 3 atom stereocenters. The number of rotatable bonds is 15. The summed E-state index contributed by atoms with van der Waals surface area (Å²) in [6, 6.07) is -1.14. The van der Waals surface area contributed by atoms with Crippen molar-refractivity contribution in [3.63, 3.8) is 0 Å². The third-order valence-corrected chi connectivity index (χ3v) is 5.45. The SMILES string of the molecule is CCCOC(=O)OC(CC)OP(=O)(N=C(N)N(C)C(C)C(=O)O)OC(CC)OC(=O)OCCC. The molecular weight excluding hydrogens is 477 g/mol. The summed E-state index contributed by atoms with van der Waals surface area (Å²) in [4.78, 5) is 35.9. The van der Waals surface area contributed by atoms with Crippen LogP contribution in [-0.2, 0) is 37.4 Å². The van der Waals surface area contributed by atoms with Crippen molar-refractivity contribution in [3.05, 3.63) is 0 Å². The van der Waals surface area contributed by atoms with Crippen LogP contribution in [0.2, 0.25) is 0 Å². The van der Waals surface area contributed by atoms with Gasteiger partial charge in [-0.2, -0.15) is 0 Å². The van der Waals surface area contributed by atoms with Crippen LogP contribution in [-0.4, -0.2) is 73.1 Å². The monoisotopic (exact) mass is 513 g/mol. The minimum Gasteiger partial charge on any atom is -0.480 e. The van der Waals surface area contributed by atoms with E-state index in [1.165, 1.54) is 14.0 Å². The van der Waals surface area contributed by atoms with Crippen LogP contribution < -0.4 is 5.73 Å². The first kappa shape index (κ1) is 31.4. The van der Waals surface area contributed by atoms with Crippen LogP contribution in [0.15, 0.2) is 4.76 Å². The zero-order valence-corrected chi connectivity index (χ0v) is 21.3. The molecule has 0 aliphatic heterocycles. The summed E-state index contributed by atoms with van der Waals surface area (Å²) in [6.45, 7) is 8.20. The second-order valence-electron chi connectivity index (χ2n) is 6.87. The maximum Gasteiger partial charge on any atom is 0.510 e. The molecule has 0 amide bonds. The van der Waals surface area contributed by atoms with E-state index in [9.17, 15) is 24.1 Å². The second-order valence-corrected chi connectivity index (χ2v) is 8.43. The van der Waals surface area contributed by atoms with Crippen molar-refractivity contribution in [1.82, 2.24) is 4.90 Å². The topological polar surface area (TPSA) is 186 Å². The van der Waals surface area contributed by atoms with E-state index in [4.69, 9.17) is 33.7 Å². The molecule has 0 aromatic rings. The van der Waals surface area contributed by atoms with E-state index >= 15 is 0 Å². The van der Waals surface area contributed by atoms with Gasteiger partial charge in [0.2, 0.25) is 18.5 Å². The van der Waals surface area contributed by atoms with Gasteiger partial charge in [-0.1, -0.05) is 27.7 Å². The number of carboxylic acid groups (broad SMARTS) is 1. The van der Waals surface area contributed by atoms with Crippen molar-refractivity contribution in [1.29, 1.82) is 0 Å². The predicted molar refractivity (Wildman–Crippen MR) is 120 cm³/mol. The first-order valence-corrected chi connectivity index (χ1v) is 12.4. The van der Waals surface area contributed by atoms with Gasteiger partial charge in [0.15, 0.2) is 0 Å². The highest BCUT2D eigenvalue weighted by molar-refractivity contribution is 7.52. The van der Waals surface area contributed by atoms with Crippen molar-refractivity contribution < 1.29 is 52.1 Å². The highest BCUT2D eigenvalue weighted by Crippen LogP contribution is 2.53. The number of likely N-dealkylation sites (N-methyl/N-ethyl adjacent to an activating group) is 1. The second kappa shape index (κ2) is 16.1. The summed E-state index contributed by atoms with van der Waals surface area (Å²) in [5.41, 5.74) is 5.83. The van der Waals surface area contributed by atoms with Gasteiger partial charge >= 0.3 is 26.0 Å². The van der Waals surface area contributed by atoms with Crippen LogP contribution >= 0.6 is 7.75 Å². The maximum atomic E-state index is 13.5. The molecule has 3 N–H and O–H groups in total. The van der Waals surface area contributed by atoms with Crippen LogP contribution in [0.3, 0.4) is 0 Å². The largest absolute Gasteiger partial charge is 0.510 e. The fraction of sp³-hybridized carbons (Fsp3) is 0.789. The number of carbonyl (C=O) groups excluding carboxylic acids is 2. The molecule has 0 aromatic heterocycles. The smallest absolute Gasteiger partial charge is 0.480 e. The number of hydrogen-bond donors (Lipinski definition) is 2. The lowest BCUT2D eigenvalue weighted by Crippen LogP contribution is -2.44. The van der Waals surface area contributed by atoms with Crippen molar-refractivity contribution in [3.8, 4) is 0 Å². The lowest BCUT2D eigenvalue weighted by atomic mass is 10.3. The molecule has 0 spiro atoms. The molecule has 3 unspecified atom stereocenters. The van der Waals surface area contributed by atoms with E-state index in [2.05, 4.69) is 4.76 Å². The van der Waals surface area contributed by atoms with Gasteiger partial charge in [-0.05, 0) is 19.8 Å². The molecule has 0 fully saturated rings. The molecule has 0 aliphatic carbocycles. The fourth-order valence-electron chi connectivity index (χ4n) is 1.94. The number of hydrogen-bond acceptors (Lipinski definition) is 10. The summed E-state index contributed by atoms with van der Waals surface area (Å²) >= 11 is 0. The van der Waals surface area contributed by atoms with E-state index in [-0.39, 0.29) is 26.1 Å². The van der Waals surface area contributed by atoms with Gasteiger partial charge in [0, 0.05) is 19.9 Å². The van der Waals surface area contributed by atoms with E-state index in [0.29, 0.717) is 12.8 Å². The maximum absolute atomic E-state index is 13.5. The molecule has 0 bridgehead atoms. The van der Waals surface area contributed by atoms with Crippen molar-refractivity contribution >= 4 is 32.0 Å². The Morgan fingerprint density at radius 1 is 0.941 bits per heavy atom. The molecular formula is C19H36N3O11P. The quantitative estimate of drug-likeness (QED) is 0.107. The first-order valence-electron chi connectivity index (χ1n) is 10.9. The van der Waals surface area contributed by atoms with Gasteiger partial charge in [-0.3, -0.25) is 0 Å². The molecule has 34 heavy (non-hydrogen) atoms. The van der Waals surface area contributed by atoms with E-state index in [0.717, 1.165) is 4.90 Å². The Balaban J connectivity index is 5.85. The average Bonchev–Trinajstić information content (AvgIpc) is 2.78. The van der Waals surface area contributed by atoms with E-state index in [1.54, 1.807) is 27.7 Å². The van der Waals surface area contributed by atoms with Crippen molar-refractivity contribution in [2.75, 3.05) is 20.3 Å². The van der Waals surface area contributed by atoms with Crippen molar-refractivity contribution in [2.45, 2.75) is 78.9 Å². The molecule has 0 aliphatic rings. The molecule has 0 aromatic carbocycles. The molecule has 0 saturated heterocycles. The Kier molecular flexibility index (Phi) is 14.9. The minimum absolute atomic E-state index is 0.0154. The van der Waals surface area contributed by atoms with Gasteiger partial charge < -0.3 is 34.7 Å². The number of nitrogens with two attached hydrogens (primary N) is 1. The highest BCUT2D eigenvalue weighted by Gasteiger charge is 2.36. The standard InChI is InChI=1S/C19H36N3O11P/c1-7-11-28-18(25)30-14(9-3)32-34(27,21-17(20)22(6)13(5)16(23)24)33-15(10-4)31-19(26)29-12-8-2/h13-15H,7-12H2,1-6H3,(H,23,24)(H2,20,21,27). The molecule has 14 nitrogen and oxygen atoms in total. The fourth-order valence-corrected chi connectivity index (χ4v) is 3.46. The van der Waals surface area contributed by atoms with Crippen molar-refractivity contribution in [2.24, 2.45) is 10.5 Å². The zero-order valence-electron chi connectivity index (χ0n) is 20.4. The molecule has 0 saturated carbocycles. The number of ether oxygens (including phenoxy) is 4. The Morgan fingerprint density at radius 3 is 1.68 bits per heavy atom. The van der Waals surface area contributed by atoms with Gasteiger partial charge in [0.1, 0.15) is 6.04 Å². The summed E-state index contributed by atoms with van der Waals surface area (Å²) in [5.74, 6) is -1.73. The molecule has 0 radical (unpaired) electrons. The van der Waals surface area contributed by atoms with Gasteiger partial charge in [0.05, 0.1) is 13.2 Å². The Labute approximate surface area is 199 Å². The van der Waals surface area contributed by atoms with Crippen LogP contribution in [0.4, 0.5) is 9.59 Å². The minimum atomic E-state index is -4.65. The first-order chi connectivity index (χ1) is 15.9. The molecule has 0 rings (SSSR count). The van der Waals surface area contributed by atoms with Gasteiger partial charge in [-0.15, -0.1) is 4.76 Å². The van der Waals surface area contributed by atoms with Crippen LogP contribution in [0.25, 0.3) is 0 Å². The number of guanidine groups is 1. The van der Waals surface area contributed by atoms with E-state index in [1.807, 2.05) is 0 Å². The van der Waals surface area contributed by atoms with Crippen LogP contribution in [0.5, 0.6) is 0 Å². The lowest BCUT2D eigenvalue weighted by Gasteiger charge is -2.26. The summed E-state index contributed by atoms with van der Waals surface area (Å²) < 4.78 is 47.5. The summed E-state index contributed by atoms with van der Waals surface area (Å²) in [7, 11) is -3.35. The number of carboxylic acids is 1. The Bertz CT molecular complexity index is 698. The Morgan fingerprint density at radius 2 is 1.35 bits per heavy atom. The van der Waals surface area contributed by atoms with E-state index < -0.39 is 50.6 Å². The number of nitrogens with zero attached hydrogens (tertiary/aromatic N) is 2. The predicted octanol–water partition coefficient (Wildman–Crippen LogP) is 3.45. The number of aliphatic carboxylic acids is 1. The highest BCUT2D eigenvalue weighted by atomic mass is 31.2. The van der Waals surface area contributed by atoms with Gasteiger partial charge in [-0.25, -0.2) is 28.0 Å². The third-order valence-electron chi connectivity index (χ3n) is 4.00. The molecule has 0 heterocycles. The van der Waals surface area contributed by atoms with Crippen LogP contribution in [0, 0.1) is 0 Å². The normalized spacial score (nSPS) is 15.9. The number of carbonyl (C=O) groups is 3. The average molecular weight is 513 g/mol. The van der Waals surface area contributed by atoms with Crippen LogP contribution in [0.1, 0.15) is 60.3 Å². The Hall–Kier alpha value is -2.57. The van der Waals surface area contributed by atoms with Gasteiger partial charge in [0.25, 0.3) is 0 Å². The summed E-state index contributed by atoms with van der Waals surface area (Å²) in [6.07, 6.45) is -3.87. The molecule has 198 valence electrons. The third kappa shape index (κ3) is 12.1. The lowest BCUT2D eigenvalue weighted by molar-refractivity contribution is -0.140. The molecule has 15 heteroatoms.